The fourth-order valence-electron chi connectivity index (χ4n) is 2.66. The minimum Gasteiger partial charge on any atom is -0.383 e. The number of methoxy groups -OCH3 is 1. The molecule has 0 aliphatic carbocycles. The van der Waals surface area contributed by atoms with Gasteiger partial charge in [0.2, 0.25) is 5.79 Å². The number of nitrogens with one attached hydrogen (secondary N) is 2. The van der Waals surface area contributed by atoms with Crippen LogP contribution in [0.1, 0.15) is 18.2 Å². The van der Waals surface area contributed by atoms with E-state index in [4.69, 9.17) is 10.5 Å². The molecule has 8 heteroatoms. The lowest BCUT2D eigenvalue weighted by Gasteiger charge is -2.31. The van der Waals surface area contributed by atoms with Crippen molar-refractivity contribution in [1.82, 2.24) is 15.3 Å². The summed E-state index contributed by atoms with van der Waals surface area (Å²) in [5.41, 5.74) is 8.16. The SMILES string of the molecule is COCC(C)Nc1cc(C2=CC=NC(N)(c3cccc(F)c3)N2)ncn1. The molecule has 2 atom stereocenters. The summed E-state index contributed by atoms with van der Waals surface area (Å²) in [5, 5.41) is 6.36. The molecule has 7 nitrogen and oxygen atoms in total. The van der Waals surface area contributed by atoms with E-state index < -0.39 is 5.79 Å². The van der Waals surface area contributed by atoms with Gasteiger partial charge in [-0.05, 0) is 25.1 Å². The maximum absolute atomic E-state index is 13.6. The molecule has 0 spiro atoms. The molecule has 4 N–H and O–H groups in total. The quantitative estimate of drug-likeness (QED) is 0.731. The van der Waals surface area contributed by atoms with E-state index in [1.165, 1.54) is 18.5 Å². The van der Waals surface area contributed by atoms with Crippen molar-refractivity contribution >= 4 is 17.7 Å². The maximum atomic E-state index is 13.6. The highest BCUT2D eigenvalue weighted by Gasteiger charge is 2.29. The standard InChI is InChI=1S/C18H21FN6O/c1-12(10-26-2)24-17-9-16(21-11-22-17)15-6-7-23-18(20,25-15)13-4-3-5-14(19)8-13/h3-9,11-12,25H,10,20H2,1-2H3,(H,21,22,24). The lowest BCUT2D eigenvalue weighted by atomic mass is 10.1. The van der Waals surface area contributed by atoms with E-state index in [-0.39, 0.29) is 11.9 Å². The number of benzene rings is 1. The van der Waals surface area contributed by atoms with E-state index in [0.29, 0.717) is 29.4 Å². The smallest absolute Gasteiger partial charge is 0.209 e. The first-order chi connectivity index (χ1) is 12.5. The van der Waals surface area contributed by atoms with Crippen molar-refractivity contribution in [3.8, 4) is 0 Å². The van der Waals surface area contributed by atoms with Crippen LogP contribution in [0.5, 0.6) is 0 Å². The highest BCUT2D eigenvalue weighted by atomic mass is 19.1. The molecule has 0 radical (unpaired) electrons. The minimum absolute atomic E-state index is 0.0958. The highest BCUT2D eigenvalue weighted by molar-refractivity contribution is 5.85. The van der Waals surface area contributed by atoms with Gasteiger partial charge in [-0.2, -0.15) is 0 Å². The van der Waals surface area contributed by atoms with Crippen LogP contribution >= 0.6 is 0 Å². The van der Waals surface area contributed by atoms with E-state index in [1.54, 1.807) is 37.6 Å². The number of ether oxygens (including phenoxy) is 1. The third-order valence-electron chi connectivity index (χ3n) is 3.86. The zero-order valence-corrected chi connectivity index (χ0v) is 14.6. The van der Waals surface area contributed by atoms with Gasteiger partial charge in [-0.25, -0.2) is 19.4 Å². The zero-order chi connectivity index (χ0) is 18.6. The van der Waals surface area contributed by atoms with Gasteiger partial charge in [-0.15, -0.1) is 0 Å². The van der Waals surface area contributed by atoms with E-state index in [1.807, 2.05) is 6.92 Å². The van der Waals surface area contributed by atoms with Gasteiger partial charge in [0.15, 0.2) is 0 Å². The number of rotatable bonds is 6. The molecule has 0 saturated heterocycles. The van der Waals surface area contributed by atoms with Gasteiger partial charge in [-0.1, -0.05) is 12.1 Å². The summed E-state index contributed by atoms with van der Waals surface area (Å²) in [6.45, 7) is 2.54. The normalized spacial score (nSPS) is 20.2. The number of allylic oxidation sites excluding steroid dienone is 1. The third kappa shape index (κ3) is 4.04. The number of nitrogens with zero attached hydrogens (tertiary/aromatic N) is 3. The van der Waals surface area contributed by atoms with Crippen LogP contribution in [-0.2, 0) is 10.5 Å². The predicted molar refractivity (Wildman–Crippen MR) is 98.9 cm³/mol. The summed E-state index contributed by atoms with van der Waals surface area (Å²) in [6, 6.07) is 7.93. The minimum atomic E-state index is -1.27. The van der Waals surface area contributed by atoms with Gasteiger partial charge in [-0.3, -0.25) is 5.73 Å². The second-order valence-corrected chi connectivity index (χ2v) is 6.05. The van der Waals surface area contributed by atoms with Crippen molar-refractivity contribution in [3.05, 3.63) is 59.8 Å². The monoisotopic (exact) mass is 356 g/mol. The average molecular weight is 356 g/mol. The molecule has 1 aromatic heterocycles. The number of nitrogens with two attached hydrogens (primary N) is 1. The molecule has 0 bridgehead atoms. The first-order valence-electron chi connectivity index (χ1n) is 8.16. The molecule has 0 saturated carbocycles. The molecule has 1 aliphatic heterocycles. The van der Waals surface area contributed by atoms with Crippen molar-refractivity contribution in [2.45, 2.75) is 18.8 Å². The second-order valence-electron chi connectivity index (χ2n) is 6.05. The second kappa shape index (κ2) is 7.59. The predicted octanol–water partition coefficient (Wildman–Crippen LogP) is 1.85. The fraction of sp³-hybridized carbons (Fsp3) is 0.278. The maximum Gasteiger partial charge on any atom is 0.209 e. The molecule has 26 heavy (non-hydrogen) atoms. The summed E-state index contributed by atoms with van der Waals surface area (Å²) in [7, 11) is 1.65. The summed E-state index contributed by atoms with van der Waals surface area (Å²) in [6.07, 6.45) is 4.81. The lowest BCUT2D eigenvalue weighted by molar-refractivity contribution is 0.190. The van der Waals surface area contributed by atoms with Crippen molar-refractivity contribution in [1.29, 1.82) is 0 Å². The first-order valence-corrected chi connectivity index (χ1v) is 8.16. The van der Waals surface area contributed by atoms with Crippen LogP contribution in [0.3, 0.4) is 0 Å². The Labute approximate surface area is 151 Å². The van der Waals surface area contributed by atoms with E-state index in [0.717, 1.165) is 0 Å². The van der Waals surface area contributed by atoms with Gasteiger partial charge in [0.05, 0.1) is 18.0 Å². The van der Waals surface area contributed by atoms with E-state index in [9.17, 15) is 4.39 Å². The lowest BCUT2D eigenvalue weighted by Crippen LogP contribution is -2.49. The van der Waals surface area contributed by atoms with Crippen LogP contribution in [0.25, 0.3) is 5.70 Å². The Morgan fingerprint density at radius 1 is 1.35 bits per heavy atom. The molecule has 136 valence electrons. The fourth-order valence-corrected chi connectivity index (χ4v) is 2.66. The van der Waals surface area contributed by atoms with Crippen LogP contribution in [0, 0.1) is 5.82 Å². The van der Waals surface area contributed by atoms with Gasteiger partial charge >= 0.3 is 0 Å². The molecule has 0 fully saturated rings. The van der Waals surface area contributed by atoms with Crippen molar-refractivity contribution in [2.75, 3.05) is 19.0 Å². The number of hydrogen-bond acceptors (Lipinski definition) is 7. The molecule has 2 heterocycles. The molecule has 2 aromatic rings. The Morgan fingerprint density at radius 3 is 2.96 bits per heavy atom. The highest BCUT2D eigenvalue weighted by Crippen LogP contribution is 2.25. The van der Waals surface area contributed by atoms with Crippen LogP contribution in [0.4, 0.5) is 10.2 Å². The van der Waals surface area contributed by atoms with Crippen LogP contribution in [0.15, 0.2) is 47.7 Å². The summed E-state index contributed by atoms with van der Waals surface area (Å²) in [5.74, 6) is -0.979. The van der Waals surface area contributed by atoms with Gasteiger partial charge < -0.3 is 15.4 Å². The summed E-state index contributed by atoms with van der Waals surface area (Å²) >= 11 is 0. The largest absolute Gasteiger partial charge is 0.383 e. The Kier molecular flexibility index (Phi) is 5.24. The summed E-state index contributed by atoms with van der Waals surface area (Å²) < 4.78 is 18.7. The third-order valence-corrected chi connectivity index (χ3v) is 3.86. The number of hydrogen-bond donors (Lipinski definition) is 3. The van der Waals surface area contributed by atoms with E-state index in [2.05, 4.69) is 25.6 Å². The molecule has 0 amide bonds. The number of anilines is 1. The number of halogens is 1. The average Bonchev–Trinajstić information content (AvgIpc) is 2.62. The molecule has 1 aromatic carbocycles. The van der Waals surface area contributed by atoms with Crippen LogP contribution < -0.4 is 16.4 Å². The number of aliphatic imine (C=N–C) groups is 1. The Balaban J connectivity index is 1.82. The Bertz CT molecular complexity index is 840. The molecular formula is C18H21FN6O. The molecule has 1 aliphatic rings. The topological polar surface area (TPSA) is 97.5 Å². The zero-order valence-electron chi connectivity index (χ0n) is 14.6. The van der Waals surface area contributed by atoms with Crippen molar-refractivity contribution in [3.63, 3.8) is 0 Å². The van der Waals surface area contributed by atoms with Gasteiger partial charge in [0, 0.05) is 31.0 Å². The Morgan fingerprint density at radius 2 is 2.19 bits per heavy atom. The van der Waals surface area contributed by atoms with Gasteiger partial charge in [0.25, 0.3) is 0 Å². The molecule has 2 unspecified atom stereocenters. The number of aromatic nitrogens is 2. The first kappa shape index (κ1) is 18.0. The summed E-state index contributed by atoms with van der Waals surface area (Å²) in [4.78, 5) is 12.8. The van der Waals surface area contributed by atoms with Gasteiger partial charge in [0.1, 0.15) is 18.0 Å². The molecule has 3 rings (SSSR count). The van der Waals surface area contributed by atoms with Crippen molar-refractivity contribution in [2.24, 2.45) is 10.7 Å². The van der Waals surface area contributed by atoms with Crippen molar-refractivity contribution < 1.29 is 9.13 Å². The van der Waals surface area contributed by atoms with Crippen LogP contribution in [0.2, 0.25) is 0 Å². The molecular weight excluding hydrogens is 335 g/mol. The Hall–Kier alpha value is -2.84. The van der Waals surface area contributed by atoms with Crippen LogP contribution in [-0.4, -0.2) is 35.9 Å². The van der Waals surface area contributed by atoms with E-state index >= 15 is 0 Å².